The lowest BCUT2D eigenvalue weighted by Crippen LogP contribution is -1.92. The van der Waals surface area contributed by atoms with E-state index in [2.05, 4.69) is 32.9 Å². The van der Waals surface area contributed by atoms with Gasteiger partial charge in [0.1, 0.15) is 5.76 Å². The van der Waals surface area contributed by atoms with E-state index in [0.29, 0.717) is 23.3 Å². The van der Waals surface area contributed by atoms with Gasteiger partial charge in [0.15, 0.2) is 17.5 Å². The molecule has 1 nitrogen and oxygen atoms in total. The molecule has 0 saturated carbocycles. The van der Waals surface area contributed by atoms with Gasteiger partial charge < -0.3 is 4.74 Å². The van der Waals surface area contributed by atoms with Crippen LogP contribution < -0.4 is 0 Å². The summed E-state index contributed by atoms with van der Waals surface area (Å²) < 4.78 is 46.5. The highest BCUT2D eigenvalue weighted by Crippen LogP contribution is 2.20. The second-order valence-corrected chi connectivity index (χ2v) is 5.72. The van der Waals surface area contributed by atoms with Crippen LogP contribution in [-0.2, 0) is 4.74 Å². The molecule has 0 fully saturated rings. The van der Waals surface area contributed by atoms with Crippen LogP contribution in [0.25, 0.3) is 12.2 Å². The standard InChI is InChI=1S/C24H23F3O/c1-7-20-13-14-21(24(27)23(20)26)12-10-16(3)9-11-17(4)18(5)15-22(25)19(6)28-8-2/h7,9-15H,1,3-6,8H2,2H3/b11-9-,12-10+,22-15+. The lowest BCUT2D eigenvalue weighted by atomic mass is 10.1. The summed E-state index contributed by atoms with van der Waals surface area (Å²) in [4.78, 5) is 0. The van der Waals surface area contributed by atoms with Gasteiger partial charge in [0.25, 0.3) is 0 Å². The van der Waals surface area contributed by atoms with Crippen molar-refractivity contribution in [2.75, 3.05) is 6.61 Å². The Balaban J connectivity index is 2.80. The number of allylic oxidation sites excluding steroid dienone is 8. The molecular formula is C24H23F3O. The largest absolute Gasteiger partial charge is 0.491 e. The number of hydrogen-bond acceptors (Lipinski definition) is 1. The first-order valence-electron chi connectivity index (χ1n) is 8.44. The number of benzene rings is 1. The molecule has 0 N–H and O–H groups in total. The molecule has 0 aliphatic rings. The molecule has 1 aromatic rings. The molecule has 1 aromatic carbocycles. The van der Waals surface area contributed by atoms with Gasteiger partial charge in [-0.1, -0.05) is 75.4 Å². The van der Waals surface area contributed by atoms with Gasteiger partial charge in [0.2, 0.25) is 0 Å². The molecule has 0 spiro atoms. The van der Waals surface area contributed by atoms with Gasteiger partial charge in [0.05, 0.1) is 6.61 Å². The normalized spacial score (nSPS) is 11.6. The summed E-state index contributed by atoms with van der Waals surface area (Å²) in [5, 5.41) is 0. The summed E-state index contributed by atoms with van der Waals surface area (Å²) in [5.74, 6) is -2.63. The minimum atomic E-state index is -0.960. The predicted molar refractivity (Wildman–Crippen MR) is 112 cm³/mol. The minimum Gasteiger partial charge on any atom is -0.491 e. The van der Waals surface area contributed by atoms with Crippen molar-refractivity contribution in [3.8, 4) is 0 Å². The summed E-state index contributed by atoms with van der Waals surface area (Å²) in [7, 11) is 0. The Morgan fingerprint density at radius 2 is 1.57 bits per heavy atom. The van der Waals surface area contributed by atoms with E-state index in [1.54, 1.807) is 19.1 Å². The minimum absolute atomic E-state index is 0.0792. The van der Waals surface area contributed by atoms with Crippen LogP contribution in [0.2, 0.25) is 0 Å². The van der Waals surface area contributed by atoms with E-state index in [1.807, 2.05) is 0 Å². The molecule has 0 aliphatic carbocycles. The quantitative estimate of drug-likeness (QED) is 0.305. The molecule has 0 atom stereocenters. The lowest BCUT2D eigenvalue weighted by Gasteiger charge is -2.05. The van der Waals surface area contributed by atoms with Gasteiger partial charge in [-0.2, -0.15) is 0 Å². The van der Waals surface area contributed by atoms with E-state index in [4.69, 9.17) is 4.74 Å². The number of hydrogen-bond donors (Lipinski definition) is 0. The number of rotatable bonds is 10. The van der Waals surface area contributed by atoms with E-state index >= 15 is 0 Å². The maximum atomic E-state index is 14.0. The Kier molecular flexibility index (Phi) is 8.76. The van der Waals surface area contributed by atoms with Crippen LogP contribution in [0.4, 0.5) is 13.2 Å². The Morgan fingerprint density at radius 1 is 0.964 bits per heavy atom. The fourth-order valence-corrected chi connectivity index (χ4v) is 2.00. The van der Waals surface area contributed by atoms with Crippen LogP contribution in [0.1, 0.15) is 18.1 Å². The molecule has 1 rings (SSSR count). The van der Waals surface area contributed by atoms with Gasteiger partial charge in [-0.25, -0.2) is 13.2 Å². The van der Waals surface area contributed by atoms with Crippen LogP contribution in [0, 0.1) is 11.6 Å². The van der Waals surface area contributed by atoms with Crippen molar-refractivity contribution in [1.82, 2.24) is 0 Å². The third-order valence-electron chi connectivity index (χ3n) is 3.64. The fraction of sp³-hybridized carbons (Fsp3) is 0.0833. The molecule has 4 heteroatoms. The smallest absolute Gasteiger partial charge is 0.166 e. The second kappa shape index (κ2) is 10.8. The average Bonchev–Trinajstić information content (AvgIpc) is 2.67. The second-order valence-electron chi connectivity index (χ2n) is 5.72. The molecule has 0 unspecified atom stereocenters. The van der Waals surface area contributed by atoms with Crippen LogP contribution in [0.15, 0.2) is 97.6 Å². The lowest BCUT2D eigenvalue weighted by molar-refractivity contribution is 0.226. The first-order chi connectivity index (χ1) is 13.2. The monoisotopic (exact) mass is 384 g/mol. The van der Waals surface area contributed by atoms with Gasteiger partial charge in [-0.15, -0.1) is 0 Å². The van der Waals surface area contributed by atoms with E-state index in [-0.39, 0.29) is 16.9 Å². The highest BCUT2D eigenvalue weighted by atomic mass is 19.2. The SMILES string of the molecule is C=Cc1ccc(/C=C/C(=C)/C=C\C(=C)C(=C)/C=C(/F)C(=C)OCC)c(F)c1F. The molecule has 0 aromatic heterocycles. The molecule has 0 heterocycles. The number of halogens is 3. The van der Waals surface area contributed by atoms with Gasteiger partial charge >= 0.3 is 0 Å². The Bertz CT molecular complexity index is 899. The van der Waals surface area contributed by atoms with Gasteiger partial charge in [-0.05, 0) is 29.7 Å². The zero-order chi connectivity index (χ0) is 21.3. The predicted octanol–water partition coefficient (Wildman–Crippen LogP) is 7.25. The highest BCUT2D eigenvalue weighted by Gasteiger charge is 2.09. The molecular weight excluding hydrogens is 361 g/mol. The van der Waals surface area contributed by atoms with Gasteiger partial charge in [0, 0.05) is 11.1 Å². The van der Waals surface area contributed by atoms with Crippen LogP contribution >= 0.6 is 0 Å². The zero-order valence-corrected chi connectivity index (χ0v) is 15.9. The zero-order valence-electron chi connectivity index (χ0n) is 15.9. The summed E-state index contributed by atoms with van der Waals surface area (Å²) in [6, 6.07) is 2.88. The third-order valence-corrected chi connectivity index (χ3v) is 3.64. The van der Waals surface area contributed by atoms with Crippen LogP contribution in [0.3, 0.4) is 0 Å². The molecule has 0 bridgehead atoms. The van der Waals surface area contributed by atoms with Gasteiger partial charge in [-0.3, -0.25) is 0 Å². The summed E-state index contributed by atoms with van der Waals surface area (Å²) in [6.45, 7) is 20.3. The molecule has 28 heavy (non-hydrogen) atoms. The fourth-order valence-electron chi connectivity index (χ4n) is 2.00. The molecule has 0 saturated heterocycles. The van der Waals surface area contributed by atoms with E-state index in [9.17, 15) is 13.2 Å². The van der Waals surface area contributed by atoms with Crippen molar-refractivity contribution in [3.05, 3.63) is 120 Å². The topological polar surface area (TPSA) is 9.23 Å². The van der Waals surface area contributed by atoms with E-state index in [0.717, 1.165) is 0 Å². The highest BCUT2D eigenvalue weighted by molar-refractivity contribution is 5.59. The molecule has 146 valence electrons. The third kappa shape index (κ3) is 6.47. The van der Waals surface area contributed by atoms with Crippen molar-refractivity contribution >= 4 is 12.2 Å². The first-order valence-corrected chi connectivity index (χ1v) is 8.44. The van der Waals surface area contributed by atoms with Crippen molar-refractivity contribution in [3.63, 3.8) is 0 Å². The molecule has 0 amide bonds. The Morgan fingerprint density at radius 3 is 2.18 bits per heavy atom. The Labute approximate surface area is 164 Å². The van der Waals surface area contributed by atoms with E-state index < -0.39 is 17.5 Å². The van der Waals surface area contributed by atoms with Crippen LogP contribution in [-0.4, -0.2) is 6.61 Å². The van der Waals surface area contributed by atoms with Crippen molar-refractivity contribution in [2.45, 2.75) is 6.92 Å². The van der Waals surface area contributed by atoms with E-state index in [1.165, 1.54) is 36.4 Å². The number of ether oxygens (including phenoxy) is 1. The van der Waals surface area contributed by atoms with Crippen molar-refractivity contribution in [2.24, 2.45) is 0 Å². The molecule has 0 aliphatic heterocycles. The van der Waals surface area contributed by atoms with Crippen molar-refractivity contribution in [1.29, 1.82) is 0 Å². The maximum absolute atomic E-state index is 14.0. The van der Waals surface area contributed by atoms with Crippen molar-refractivity contribution < 1.29 is 17.9 Å². The summed E-state index contributed by atoms with van der Waals surface area (Å²) >= 11 is 0. The first kappa shape index (κ1) is 22.8. The van der Waals surface area contributed by atoms with Crippen LogP contribution in [0.5, 0.6) is 0 Å². The maximum Gasteiger partial charge on any atom is 0.166 e. The molecule has 0 radical (unpaired) electrons. The Hall–Kier alpha value is -3.27. The summed E-state index contributed by atoms with van der Waals surface area (Å²) in [6.07, 6.45) is 8.52. The average molecular weight is 384 g/mol. The summed E-state index contributed by atoms with van der Waals surface area (Å²) in [5.41, 5.74) is 1.46.